The highest BCUT2D eigenvalue weighted by Crippen LogP contribution is 2.19. The van der Waals surface area contributed by atoms with E-state index in [1.807, 2.05) is 49.4 Å². The zero-order valence-corrected chi connectivity index (χ0v) is 20.9. The fourth-order valence-corrected chi connectivity index (χ4v) is 3.77. The van der Waals surface area contributed by atoms with Crippen LogP contribution < -0.4 is 22.1 Å². The van der Waals surface area contributed by atoms with E-state index in [0.29, 0.717) is 29.0 Å². The van der Waals surface area contributed by atoms with E-state index in [0.717, 1.165) is 53.9 Å². The Balaban J connectivity index is 0.00000103. The number of hydrogen-bond acceptors (Lipinski definition) is 6. The molecular formula is C25H35ClN8. The third-order valence-corrected chi connectivity index (χ3v) is 5.72. The van der Waals surface area contributed by atoms with Gasteiger partial charge in [0.1, 0.15) is 11.7 Å². The molecule has 0 saturated carbocycles. The van der Waals surface area contributed by atoms with Crippen LogP contribution in [0.5, 0.6) is 0 Å². The van der Waals surface area contributed by atoms with Crippen molar-refractivity contribution in [3.05, 3.63) is 75.9 Å². The molecule has 34 heavy (non-hydrogen) atoms. The second kappa shape index (κ2) is 12.3. The van der Waals surface area contributed by atoms with Gasteiger partial charge < -0.3 is 27.0 Å². The van der Waals surface area contributed by atoms with Crippen molar-refractivity contribution in [2.45, 2.75) is 33.7 Å². The molecule has 3 aromatic rings. The average Bonchev–Trinajstić information content (AvgIpc) is 3.22. The maximum Gasteiger partial charge on any atom is 0.171 e. The van der Waals surface area contributed by atoms with Gasteiger partial charge in [0.2, 0.25) is 0 Å². The summed E-state index contributed by atoms with van der Waals surface area (Å²) in [7, 11) is 0. The lowest BCUT2D eigenvalue weighted by Gasteiger charge is -2.30. The van der Waals surface area contributed by atoms with E-state index in [-0.39, 0.29) is 0 Å². The number of nitrogens with zero attached hydrogens (tertiary/aromatic N) is 3. The number of fused-ring (bicyclic) bond motifs is 1. The first-order valence-electron chi connectivity index (χ1n) is 11.7. The van der Waals surface area contributed by atoms with Crippen molar-refractivity contribution in [2.24, 2.45) is 16.5 Å². The number of rotatable bonds is 6. The van der Waals surface area contributed by atoms with Crippen LogP contribution in [0, 0.1) is 6.92 Å². The minimum absolute atomic E-state index is 0.401. The number of aromatic nitrogens is 2. The highest BCUT2D eigenvalue weighted by molar-refractivity contribution is 6.31. The van der Waals surface area contributed by atoms with E-state index in [9.17, 15) is 0 Å². The molecular weight excluding hydrogens is 448 g/mol. The average molecular weight is 483 g/mol. The maximum absolute atomic E-state index is 6.46. The minimum Gasteiger partial charge on any atom is -0.383 e. The lowest BCUT2D eigenvalue weighted by Crippen LogP contribution is -2.44. The largest absolute Gasteiger partial charge is 0.383 e. The SMILES string of the molecule is CCC.Cc1[nH]nc2ccc(/C(N)=N/C(=C(\N)NCc3ccccc3Cl)N3CCNCC3)cc12. The maximum atomic E-state index is 6.46. The van der Waals surface area contributed by atoms with Crippen molar-refractivity contribution in [1.29, 1.82) is 0 Å². The summed E-state index contributed by atoms with van der Waals surface area (Å²) in [6.07, 6.45) is 1.25. The predicted octanol–water partition coefficient (Wildman–Crippen LogP) is 3.43. The van der Waals surface area contributed by atoms with Gasteiger partial charge in [-0.05, 0) is 36.8 Å². The quantitative estimate of drug-likeness (QED) is 0.271. The molecule has 0 spiro atoms. The van der Waals surface area contributed by atoms with Crippen LogP contribution >= 0.6 is 11.6 Å². The van der Waals surface area contributed by atoms with Crippen molar-refractivity contribution in [2.75, 3.05) is 26.2 Å². The third-order valence-electron chi connectivity index (χ3n) is 5.35. The highest BCUT2D eigenvalue weighted by atomic mass is 35.5. The molecule has 182 valence electrons. The Hall–Kier alpha value is -3.23. The lowest BCUT2D eigenvalue weighted by atomic mass is 10.1. The molecule has 0 unspecified atom stereocenters. The number of aromatic amines is 1. The van der Waals surface area contributed by atoms with Crippen LogP contribution in [0.15, 0.2) is 59.1 Å². The Morgan fingerprint density at radius 1 is 1.15 bits per heavy atom. The Bertz CT molecular complexity index is 1140. The summed E-state index contributed by atoms with van der Waals surface area (Å²) in [5.41, 5.74) is 16.5. The monoisotopic (exact) mass is 482 g/mol. The van der Waals surface area contributed by atoms with Gasteiger partial charge in [0.05, 0.1) is 5.52 Å². The highest BCUT2D eigenvalue weighted by Gasteiger charge is 2.17. The number of hydrogen-bond donors (Lipinski definition) is 5. The van der Waals surface area contributed by atoms with Crippen LogP contribution in [0.2, 0.25) is 5.02 Å². The van der Waals surface area contributed by atoms with E-state index in [1.165, 1.54) is 6.42 Å². The number of nitrogens with one attached hydrogen (secondary N) is 3. The normalized spacial score (nSPS) is 14.9. The molecule has 2 aromatic carbocycles. The number of nitrogens with two attached hydrogens (primary N) is 2. The van der Waals surface area contributed by atoms with Crippen LogP contribution in [-0.4, -0.2) is 47.1 Å². The standard InChI is InChI=1S/C22H27ClN8.C3H8/c1-14-17-12-15(6-7-19(17)30-29-14)20(24)28-22(31-10-8-26-9-11-31)21(25)27-13-16-4-2-3-5-18(16)23;1-3-2/h2-7,12,26-27H,8-11,13,25H2,1H3,(H2,24,28)(H,29,30);3H2,1-2H3/b22-21-;. The molecule has 8 nitrogen and oxygen atoms in total. The fraction of sp³-hybridized carbons (Fsp3) is 0.360. The Kier molecular flexibility index (Phi) is 9.18. The van der Waals surface area contributed by atoms with Gasteiger partial charge in [0.15, 0.2) is 5.82 Å². The van der Waals surface area contributed by atoms with Gasteiger partial charge in [-0.25, -0.2) is 4.99 Å². The molecule has 9 heteroatoms. The van der Waals surface area contributed by atoms with Crippen LogP contribution in [0.4, 0.5) is 0 Å². The molecule has 0 bridgehead atoms. The molecule has 1 fully saturated rings. The molecule has 0 aliphatic carbocycles. The number of aryl methyl sites for hydroxylation is 1. The van der Waals surface area contributed by atoms with E-state index in [2.05, 4.69) is 39.6 Å². The number of benzene rings is 2. The molecule has 0 radical (unpaired) electrons. The zero-order valence-electron chi connectivity index (χ0n) is 20.2. The number of piperazine rings is 1. The van der Waals surface area contributed by atoms with Crippen LogP contribution in [0.3, 0.4) is 0 Å². The number of H-pyrrole nitrogens is 1. The summed E-state index contributed by atoms with van der Waals surface area (Å²) in [4.78, 5) is 6.89. The van der Waals surface area contributed by atoms with Crippen LogP contribution in [-0.2, 0) is 6.54 Å². The van der Waals surface area contributed by atoms with Gasteiger partial charge in [0.25, 0.3) is 0 Å². The Morgan fingerprint density at radius 3 is 2.56 bits per heavy atom. The van der Waals surface area contributed by atoms with Gasteiger partial charge in [-0.2, -0.15) is 5.10 Å². The molecule has 7 N–H and O–H groups in total. The molecule has 1 aliphatic heterocycles. The van der Waals surface area contributed by atoms with E-state index in [1.54, 1.807) is 0 Å². The smallest absolute Gasteiger partial charge is 0.171 e. The summed E-state index contributed by atoms with van der Waals surface area (Å²) in [6, 6.07) is 13.5. The van der Waals surface area contributed by atoms with Crippen molar-refractivity contribution >= 4 is 28.3 Å². The number of amidine groups is 1. The molecule has 0 amide bonds. The first kappa shape index (κ1) is 25.4. The van der Waals surface area contributed by atoms with Crippen molar-refractivity contribution in [3.8, 4) is 0 Å². The number of halogens is 1. The van der Waals surface area contributed by atoms with Crippen molar-refractivity contribution < 1.29 is 0 Å². The fourth-order valence-electron chi connectivity index (χ4n) is 3.57. The van der Waals surface area contributed by atoms with Crippen LogP contribution in [0.1, 0.15) is 37.1 Å². The van der Waals surface area contributed by atoms with Gasteiger partial charge in [-0.1, -0.05) is 50.1 Å². The topological polar surface area (TPSA) is 120 Å². The summed E-state index contributed by atoms with van der Waals surface area (Å²) in [5.74, 6) is 1.50. The van der Waals surface area contributed by atoms with Crippen molar-refractivity contribution in [1.82, 2.24) is 25.7 Å². The summed E-state index contributed by atoms with van der Waals surface area (Å²) >= 11 is 6.28. The zero-order chi connectivity index (χ0) is 24.5. The first-order valence-corrected chi connectivity index (χ1v) is 12.0. The van der Waals surface area contributed by atoms with Gasteiger partial charge in [0, 0.05) is 54.4 Å². The van der Waals surface area contributed by atoms with Gasteiger partial charge in [-0.3, -0.25) is 5.10 Å². The van der Waals surface area contributed by atoms with E-state index in [4.69, 9.17) is 28.1 Å². The summed E-state index contributed by atoms with van der Waals surface area (Å²) in [5, 5.41) is 15.6. The van der Waals surface area contributed by atoms with Crippen LogP contribution in [0.25, 0.3) is 10.9 Å². The van der Waals surface area contributed by atoms with Gasteiger partial charge >= 0.3 is 0 Å². The first-order chi connectivity index (χ1) is 16.4. The Labute approximate surface area is 206 Å². The minimum atomic E-state index is 0.401. The molecule has 0 atom stereocenters. The van der Waals surface area contributed by atoms with Gasteiger partial charge in [-0.15, -0.1) is 0 Å². The van der Waals surface area contributed by atoms with Crippen molar-refractivity contribution in [3.63, 3.8) is 0 Å². The Morgan fingerprint density at radius 2 is 1.85 bits per heavy atom. The number of aliphatic imine (C=N–C) groups is 1. The summed E-state index contributed by atoms with van der Waals surface area (Å²) in [6.45, 7) is 10.0. The second-order valence-corrected chi connectivity index (χ2v) is 8.61. The third kappa shape index (κ3) is 6.42. The summed E-state index contributed by atoms with van der Waals surface area (Å²) < 4.78 is 0. The van der Waals surface area contributed by atoms with E-state index >= 15 is 0 Å². The molecule has 2 heterocycles. The molecule has 1 aliphatic rings. The van der Waals surface area contributed by atoms with E-state index < -0.39 is 0 Å². The molecule has 1 aromatic heterocycles. The second-order valence-electron chi connectivity index (χ2n) is 8.20. The lowest BCUT2D eigenvalue weighted by molar-refractivity contribution is 0.291. The predicted molar refractivity (Wildman–Crippen MR) is 141 cm³/mol. The molecule has 1 saturated heterocycles. The molecule has 4 rings (SSSR count).